The summed E-state index contributed by atoms with van der Waals surface area (Å²) in [5, 5.41) is 0.924. The molecule has 1 atom stereocenters. The Hall–Kier alpha value is -0.750. The van der Waals surface area contributed by atoms with Crippen molar-refractivity contribution >= 4 is 13.1 Å². The summed E-state index contributed by atoms with van der Waals surface area (Å²) in [6.45, 7) is 1.98. The fourth-order valence-corrected chi connectivity index (χ4v) is 2.73. The van der Waals surface area contributed by atoms with Crippen molar-refractivity contribution in [3.05, 3.63) is 24.0 Å². The van der Waals surface area contributed by atoms with Crippen LogP contribution in [0.1, 0.15) is 18.4 Å². The second-order valence-corrected chi connectivity index (χ2v) is 5.18. The smallest absolute Gasteiger partial charge is 0.260 e. The quantitative estimate of drug-likeness (QED) is 0.651. The number of rotatable bonds is 2. The molecular formula is C9H11NOP+. The lowest BCUT2D eigenvalue weighted by Gasteiger charge is -1.88. The first-order valence-corrected chi connectivity index (χ1v) is 5.48. The molecule has 1 aliphatic rings. The Kier molecular flexibility index (Phi) is 1.93. The van der Waals surface area contributed by atoms with Crippen LogP contribution in [-0.2, 0) is 4.57 Å². The molecule has 0 amide bonds. The summed E-state index contributed by atoms with van der Waals surface area (Å²) in [7, 11) is -1.15. The van der Waals surface area contributed by atoms with Gasteiger partial charge in [-0.2, -0.15) is 0 Å². The maximum Gasteiger partial charge on any atom is 0.381 e. The Labute approximate surface area is 72.8 Å². The van der Waals surface area contributed by atoms with E-state index >= 15 is 0 Å². The maximum atomic E-state index is 11.7. The predicted molar refractivity (Wildman–Crippen MR) is 49.2 cm³/mol. The van der Waals surface area contributed by atoms with Gasteiger partial charge in [0.1, 0.15) is 0 Å². The molecule has 0 aromatic carbocycles. The van der Waals surface area contributed by atoms with Crippen molar-refractivity contribution in [2.75, 3.05) is 0 Å². The molecule has 0 radical (unpaired) electrons. The SMILES string of the molecule is Cc1cncc([P+](=O)C2CC2)c1. The van der Waals surface area contributed by atoms with Crippen molar-refractivity contribution in [2.24, 2.45) is 0 Å². The first kappa shape index (κ1) is 7.88. The molecule has 1 saturated carbocycles. The van der Waals surface area contributed by atoms with Gasteiger partial charge in [-0.3, -0.25) is 4.98 Å². The van der Waals surface area contributed by atoms with Crippen molar-refractivity contribution < 1.29 is 4.57 Å². The average molecular weight is 180 g/mol. The molecule has 2 rings (SSSR count). The maximum absolute atomic E-state index is 11.7. The lowest BCUT2D eigenvalue weighted by atomic mass is 10.3. The molecular weight excluding hydrogens is 169 g/mol. The van der Waals surface area contributed by atoms with E-state index in [2.05, 4.69) is 4.98 Å². The molecule has 62 valence electrons. The molecule has 1 unspecified atom stereocenters. The van der Waals surface area contributed by atoms with Crippen LogP contribution in [0.15, 0.2) is 18.5 Å². The summed E-state index contributed by atoms with van der Waals surface area (Å²) in [6, 6.07) is 1.98. The molecule has 0 spiro atoms. The van der Waals surface area contributed by atoms with E-state index in [1.807, 2.05) is 13.0 Å². The van der Waals surface area contributed by atoms with Crippen molar-refractivity contribution in [3.8, 4) is 0 Å². The van der Waals surface area contributed by atoms with Crippen LogP contribution >= 0.6 is 7.80 Å². The second kappa shape index (κ2) is 2.95. The van der Waals surface area contributed by atoms with Crippen LogP contribution in [0.25, 0.3) is 0 Å². The van der Waals surface area contributed by atoms with Crippen LogP contribution < -0.4 is 5.30 Å². The molecule has 0 bridgehead atoms. The summed E-state index contributed by atoms with van der Waals surface area (Å²) in [4.78, 5) is 4.03. The average Bonchev–Trinajstić information content (AvgIpc) is 2.85. The van der Waals surface area contributed by atoms with Gasteiger partial charge in [0, 0.05) is 6.20 Å². The Balaban J connectivity index is 2.26. The summed E-state index contributed by atoms with van der Waals surface area (Å²) >= 11 is 0. The molecule has 1 fully saturated rings. The molecule has 0 saturated heterocycles. The van der Waals surface area contributed by atoms with E-state index in [1.54, 1.807) is 12.4 Å². The number of nitrogens with zero attached hydrogens (tertiary/aromatic N) is 1. The standard InChI is InChI=1S/C9H11NOP/c1-7-4-9(6-10-5-7)12(11)8-2-3-8/h4-6,8H,2-3H2,1H3/q+1. The summed E-state index contributed by atoms with van der Waals surface area (Å²) < 4.78 is 11.7. The lowest BCUT2D eigenvalue weighted by Crippen LogP contribution is -2.00. The Morgan fingerprint density at radius 1 is 1.50 bits per heavy atom. The van der Waals surface area contributed by atoms with E-state index in [-0.39, 0.29) is 0 Å². The zero-order valence-electron chi connectivity index (χ0n) is 7.03. The molecule has 1 aromatic heterocycles. The topological polar surface area (TPSA) is 30.0 Å². The molecule has 12 heavy (non-hydrogen) atoms. The number of hydrogen-bond donors (Lipinski definition) is 0. The highest BCUT2D eigenvalue weighted by Gasteiger charge is 2.42. The van der Waals surface area contributed by atoms with Crippen molar-refractivity contribution in [3.63, 3.8) is 0 Å². The third-order valence-electron chi connectivity index (χ3n) is 1.99. The summed E-state index contributed by atoms with van der Waals surface area (Å²) in [5.41, 5.74) is 1.54. The fraction of sp³-hybridized carbons (Fsp3) is 0.444. The van der Waals surface area contributed by atoms with Crippen molar-refractivity contribution in [1.29, 1.82) is 0 Å². The van der Waals surface area contributed by atoms with Gasteiger partial charge in [0.25, 0.3) is 0 Å². The zero-order valence-corrected chi connectivity index (χ0v) is 7.92. The largest absolute Gasteiger partial charge is 0.381 e. The van der Waals surface area contributed by atoms with Crippen molar-refractivity contribution in [2.45, 2.75) is 25.4 Å². The minimum atomic E-state index is -1.15. The van der Waals surface area contributed by atoms with Gasteiger partial charge in [-0.05, 0) is 31.4 Å². The van der Waals surface area contributed by atoms with Gasteiger partial charge in [0.15, 0.2) is 5.66 Å². The number of hydrogen-bond acceptors (Lipinski definition) is 2. The van der Waals surface area contributed by atoms with E-state index in [0.717, 1.165) is 23.7 Å². The van der Waals surface area contributed by atoms with Gasteiger partial charge in [0.2, 0.25) is 5.30 Å². The van der Waals surface area contributed by atoms with Gasteiger partial charge in [-0.1, -0.05) is 4.57 Å². The normalized spacial score (nSPS) is 17.6. The fourth-order valence-electron chi connectivity index (χ4n) is 1.18. The Morgan fingerprint density at radius 2 is 2.25 bits per heavy atom. The number of aryl methyl sites for hydroxylation is 1. The van der Waals surface area contributed by atoms with E-state index in [4.69, 9.17) is 0 Å². The highest BCUT2D eigenvalue weighted by atomic mass is 31.1. The zero-order chi connectivity index (χ0) is 8.55. The van der Waals surface area contributed by atoms with E-state index in [9.17, 15) is 4.57 Å². The summed E-state index contributed by atoms with van der Waals surface area (Å²) in [5.74, 6) is 0. The Bertz CT molecular complexity index is 320. The van der Waals surface area contributed by atoms with Crippen LogP contribution in [0.2, 0.25) is 0 Å². The second-order valence-electron chi connectivity index (χ2n) is 3.28. The van der Waals surface area contributed by atoms with Crippen LogP contribution in [0.5, 0.6) is 0 Å². The monoisotopic (exact) mass is 180 g/mol. The molecule has 3 heteroatoms. The third kappa shape index (κ3) is 1.54. The van der Waals surface area contributed by atoms with Gasteiger partial charge in [-0.25, -0.2) is 0 Å². The van der Waals surface area contributed by atoms with Crippen LogP contribution in [-0.4, -0.2) is 10.6 Å². The molecule has 0 N–H and O–H groups in total. The molecule has 0 aliphatic heterocycles. The van der Waals surface area contributed by atoms with Gasteiger partial charge >= 0.3 is 7.80 Å². The molecule has 1 aliphatic carbocycles. The van der Waals surface area contributed by atoms with E-state index < -0.39 is 7.80 Å². The van der Waals surface area contributed by atoms with Gasteiger partial charge in [-0.15, -0.1) is 0 Å². The van der Waals surface area contributed by atoms with Crippen LogP contribution in [0.3, 0.4) is 0 Å². The van der Waals surface area contributed by atoms with Crippen LogP contribution in [0, 0.1) is 6.92 Å². The van der Waals surface area contributed by atoms with Crippen molar-refractivity contribution in [1.82, 2.24) is 4.98 Å². The van der Waals surface area contributed by atoms with Crippen LogP contribution in [0.4, 0.5) is 0 Å². The number of pyridine rings is 1. The van der Waals surface area contributed by atoms with E-state index in [0.29, 0.717) is 5.66 Å². The lowest BCUT2D eigenvalue weighted by molar-refractivity contribution is 0.592. The van der Waals surface area contributed by atoms with Gasteiger partial charge in [0.05, 0.1) is 6.20 Å². The highest BCUT2D eigenvalue weighted by molar-refractivity contribution is 7.54. The first-order valence-electron chi connectivity index (χ1n) is 4.15. The third-order valence-corrected chi connectivity index (χ3v) is 3.93. The highest BCUT2D eigenvalue weighted by Crippen LogP contribution is 2.43. The van der Waals surface area contributed by atoms with Gasteiger partial charge < -0.3 is 0 Å². The molecule has 1 heterocycles. The molecule has 1 aromatic rings. The predicted octanol–water partition coefficient (Wildman–Crippen LogP) is 2.01. The molecule has 2 nitrogen and oxygen atoms in total. The summed E-state index contributed by atoms with van der Waals surface area (Å²) in [6.07, 6.45) is 5.77. The minimum absolute atomic E-state index is 0.448. The Morgan fingerprint density at radius 3 is 2.83 bits per heavy atom. The minimum Gasteiger partial charge on any atom is -0.260 e. The van der Waals surface area contributed by atoms with E-state index in [1.165, 1.54) is 0 Å². The number of aromatic nitrogens is 1. The first-order chi connectivity index (χ1) is 5.77.